The van der Waals surface area contributed by atoms with E-state index < -0.39 is 0 Å². The fourth-order valence-electron chi connectivity index (χ4n) is 2.90. The van der Waals surface area contributed by atoms with Crippen LogP contribution in [-0.2, 0) is 9.47 Å². The monoisotopic (exact) mass is 509 g/mol. The molecule has 1 aliphatic heterocycles. The zero-order valence-corrected chi connectivity index (χ0v) is 19.5. The number of aliphatic imine (C=N–C) groups is 1. The molecule has 1 aliphatic rings. The molecule has 5 nitrogen and oxygen atoms in total. The second-order valence-corrected chi connectivity index (χ2v) is 7.10. The average molecular weight is 510 g/mol. The number of halogens is 2. The van der Waals surface area contributed by atoms with E-state index in [1.165, 1.54) is 0 Å². The summed E-state index contributed by atoms with van der Waals surface area (Å²) in [7, 11) is 0. The fraction of sp³-hybridized carbons (Fsp3) is 0.650. The highest BCUT2D eigenvalue weighted by molar-refractivity contribution is 14.0. The summed E-state index contributed by atoms with van der Waals surface area (Å²) in [6, 6.07) is 8.04. The minimum atomic E-state index is 0. The van der Waals surface area contributed by atoms with Gasteiger partial charge in [0.15, 0.2) is 5.96 Å². The molecular formula is C20H33ClIN3O2. The van der Waals surface area contributed by atoms with E-state index in [1.807, 2.05) is 18.2 Å². The number of guanidine groups is 1. The second kappa shape index (κ2) is 14.4. The van der Waals surface area contributed by atoms with Gasteiger partial charge in [-0.25, -0.2) is 0 Å². The van der Waals surface area contributed by atoms with Gasteiger partial charge < -0.3 is 20.1 Å². The van der Waals surface area contributed by atoms with Gasteiger partial charge in [-0.3, -0.25) is 4.99 Å². The van der Waals surface area contributed by atoms with Crippen LogP contribution in [0.1, 0.15) is 44.7 Å². The van der Waals surface area contributed by atoms with Crippen molar-refractivity contribution < 1.29 is 9.47 Å². The normalized spacial score (nSPS) is 16.5. The third kappa shape index (κ3) is 9.96. The Morgan fingerprint density at radius 2 is 2.15 bits per heavy atom. The first-order chi connectivity index (χ1) is 12.7. The lowest BCUT2D eigenvalue weighted by Crippen LogP contribution is -2.38. The zero-order chi connectivity index (χ0) is 18.6. The molecule has 0 aromatic heterocycles. The molecule has 2 rings (SSSR count). The lowest BCUT2D eigenvalue weighted by molar-refractivity contribution is 0.0205. The van der Waals surface area contributed by atoms with Gasteiger partial charge >= 0.3 is 0 Å². The Morgan fingerprint density at radius 3 is 2.85 bits per heavy atom. The molecule has 2 N–H and O–H groups in total. The summed E-state index contributed by atoms with van der Waals surface area (Å²) in [6.45, 7) is 9.09. The SMILES string of the molecule is CCNC(=NCCCOCC1CCOCC1)NC(C)c1cccc(Cl)c1.I. The van der Waals surface area contributed by atoms with Gasteiger partial charge in [0.05, 0.1) is 6.04 Å². The number of nitrogens with one attached hydrogen (secondary N) is 2. The maximum absolute atomic E-state index is 6.08. The molecular weight excluding hydrogens is 477 g/mol. The summed E-state index contributed by atoms with van der Waals surface area (Å²) in [5.74, 6) is 1.48. The van der Waals surface area contributed by atoms with E-state index in [4.69, 9.17) is 21.1 Å². The predicted octanol–water partition coefficient (Wildman–Crippen LogP) is 4.41. The largest absolute Gasteiger partial charge is 0.381 e. The van der Waals surface area contributed by atoms with Crippen molar-refractivity contribution >= 4 is 41.5 Å². The first kappa shape index (κ1) is 24.5. The van der Waals surface area contributed by atoms with E-state index in [0.717, 1.165) is 75.3 Å². The molecule has 0 radical (unpaired) electrons. The number of hydrogen-bond donors (Lipinski definition) is 2. The minimum Gasteiger partial charge on any atom is -0.381 e. The highest BCUT2D eigenvalue weighted by Gasteiger charge is 2.13. The van der Waals surface area contributed by atoms with Gasteiger partial charge in [-0.2, -0.15) is 0 Å². The first-order valence-electron chi connectivity index (χ1n) is 9.64. The third-order valence-corrected chi connectivity index (χ3v) is 4.69. The summed E-state index contributed by atoms with van der Waals surface area (Å²) in [4.78, 5) is 4.65. The quantitative estimate of drug-likeness (QED) is 0.224. The molecule has 1 saturated heterocycles. The van der Waals surface area contributed by atoms with Crippen molar-refractivity contribution in [3.8, 4) is 0 Å². The van der Waals surface area contributed by atoms with Crippen LogP contribution in [0.2, 0.25) is 5.02 Å². The topological polar surface area (TPSA) is 54.9 Å². The fourth-order valence-corrected chi connectivity index (χ4v) is 3.10. The lowest BCUT2D eigenvalue weighted by Gasteiger charge is -2.21. The summed E-state index contributed by atoms with van der Waals surface area (Å²) in [6.07, 6.45) is 3.16. The molecule has 1 aromatic rings. The average Bonchev–Trinajstić information content (AvgIpc) is 2.65. The van der Waals surface area contributed by atoms with Crippen LogP contribution >= 0.6 is 35.6 Å². The van der Waals surface area contributed by atoms with Crippen LogP contribution in [-0.4, -0.2) is 45.5 Å². The minimum absolute atomic E-state index is 0. The maximum atomic E-state index is 6.08. The lowest BCUT2D eigenvalue weighted by atomic mass is 10.0. The van der Waals surface area contributed by atoms with Crippen molar-refractivity contribution in [1.29, 1.82) is 0 Å². The molecule has 1 aromatic carbocycles. The molecule has 1 fully saturated rings. The smallest absolute Gasteiger partial charge is 0.191 e. The summed E-state index contributed by atoms with van der Waals surface area (Å²) >= 11 is 6.08. The van der Waals surface area contributed by atoms with Crippen LogP contribution in [0, 0.1) is 5.92 Å². The van der Waals surface area contributed by atoms with Crippen molar-refractivity contribution in [1.82, 2.24) is 10.6 Å². The van der Waals surface area contributed by atoms with Gasteiger partial charge in [0.25, 0.3) is 0 Å². The van der Waals surface area contributed by atoms with E-state index in [9.17, 15) is 0 Å². The molecule has 0 aliphatic carbocycles. The van der Waals surface area contributed by atoms with Crippen molar-refractivity contribution in [3.63, 3.8) is 0 Å². The summed E-state index contributed by atoms with van der Waals surface area (Å²) in [5, 5.41) is 7.47. The van der Waals surface area contributed by atoms with Gasteiger partial charge in [-0.15, -0.1) is 24.0 Å². The Morgan fingerprint density at radius 1 is 1.37 bits per heavy atom. The Hall–Kier alpha value is -0.570. The predicted molar refractivity (Wildman–Crippen MR) is 123 cm³/mol. The van der Waals surface area contributed by atoms with Crippen LogP contribution in [0.4, 0.5) is 0 Å². The van der Waals surface area contributed by atoms with Crippen molar-refractivity contribution in [3.05, 3.63) is 34.9 Å². The summed E-state index contributed by atoms with van der Waals surface area (Å²) in [5.41, 5.74) is 1.14. The van der Waals surface area contributed by atoms with Crippen LogP contribution in [0.15, 0.2) is 29.3 Å². The zero-order valence-electron chi connectivity index (χ0n) is 16.4. The Kier molecular flexibility index (Phi) is 13.1. The highest BCUT2D eigenvalue weighted by atomic mass is 127. The maximum Gasteiger partial charge on any atom is 0.191 e. The van der Waals surface area contributed by atoms with E-state index >= 15 is 0 Å². The molecule has 0 spiro atoms. The number of benzene rings is 1. The summed E-state index contributed by atoms with van der Waals surface area (Å²) < 4.78 is 11.2. The van der Waals surface area contributed by atoms with Gasteiger partial charge in [0, 0.05) is 44.5 Å². The van der Waals surface area contributed by atoms with E-state index in [2.05, 4.69) is 35.5 Å². The van der Waals surface area contributed by atoms with Crippen LogP contribution in [0.3, 0.4) is 0 Å². The second-order valence-electron chi connectivity index (χ2n) is 6.67. The van der Waals surface area contributed by atoms with Crippen molar-refractivity contribution in [2.75, 3.05) is 39.5 Å². The van der Waals surface area contributed by atoms with E-state index in [-0.39, 0.29) is 30.0 Å². The van der Waals surface area contributed by atoms with Crippen LogP contribution < -0.4 is 10.6 Å². The standard InChI is InChI=1S/C20H32ClN3O2.HI/c1-3-22-20(24-16(2)18-6-4-7-19(21)14-18)23-10-5-11-26-15-17-8-12-25-13-9-17;/h4,6-7,14,16-17H,3,5,8-13,15H2,1-2H3,(H2,22,23,24);1H. The highest BCUT2D eigenvalue weighted by Crippen LogP contribution is 2.17. The first-order valence-corrected chi connectivity index (χ1v) is 10.0. The van der Waals surface area contributed by atoms with Gasteiger partial charge in [-0.1, -0.05) is 23.7 Å². The van der Waals surface area contributed by atoms with Gasteiger partial charge in [0.1, 0.15) is 0 Å². The van der Waals surface area contributed by atoms with Gasteiger partial charge in [0.2, 0.25) is 0 Å². The van der Waals surface area contributed by atoms with E-state index in [1.54, 1.807) is 0 Å². The van der Waals surface area contributed by atoms with Crippen molar-refractivity contribution in [2.24, 2.45) is 10.9 Å². The molecule has 0 saturated carbocycles. The van der Waals surface area contributed by atoms with Crippen molar-refractivity contribution in [2.45, 2.75) is 39.2 Å². The molecule has 1 atom stereocenters. The Bertz CT molecular complexity index is 554. The Balaban J connectivity index is 0.00000364. The van der Waals surface area contributed by atoms with E-state index in [0.29, 0.717) is 5.92 Å². The third-order valence-electron chi connectivity index (χ3n) is 4.46. The Labute approximate surface area is 185 Å². The molecule has 154 valence electrons. The number of hydrogen-bond acceptors (Lipinski definition) is 3. The number of ether oxygens (including phenoxy) is 2. The molecule has 1 heterocycles. The number of nitrogens with zero attached hydrogens (tertiary/aromatic N) is 1. The molecule has 0 bridgehead atoms. The molecule has 1 unspecified atom stereocenters. The molecule has 27 heavy (non-hydrogen) atoms. The van der Waals surface area contributed by atoms with Crippen LogP contribution in [0.25, 0.3) is 0 Å². The molecule has 7 heteroatoms. The molecule has 0 amide bonds. The van der Waals surface area contributed by atoms with Gasteiger partial charge in [-0.05, 0) is 56.7 Å². The number of rotatable bonds is 9. The van der Waals surface area contributed by atoms with Crippen LogP contribution in [0.5, 0.6) is 0 Å².